The largest absolute Gasteiger partial charge is 0.417 e. The number of nitrogens with two attached hydrogens (primary N) is 1. The van der Waals surface area contributed by atoms with E-state index >= 15 is 0 Å². The van der Waals surface area contributed by atoms with Gasteiger partial charge < -0.3 is 10.6 Å². The summed E-state index contributed by atoms with van der Waals surface area (Å²) in [5.41, 5.74) is 4.95. The molecule has 22 heavy (non-hydrogen) atoms. The highest BCUT2D eigenvalue weighted by atomic mass is 35.5. The molecule has 120 valence electrons. The molecule has 4 nitrogen and oxygen atoms in total. The SMILES string of the molecule is NC1CN(C(=O)c2ncc(C(F)(F)F)cc2Cl)CC12CCC2. The van der Waals surface area contributed by atoms with Crippen molar-refractivity contribution in [2.45, 2.75) is 31.5 Å². The van der Waals surface area contributed by atoms with Crippen molar-refractivity contribution in [3.05, 3.63) is 28.5 Å². The first-order chi connectivity index (χ1) is 10.2. The highest BCUT2D eigenvalue weighted by Gasteiger charge is 2.50. The first kappa shape index (κ1) is 15.6. The molecule has 1 spiro atoms. The molecule has 2 aliphatic rings. The van der Waals surface area contributed by atoms with Gasteiger partial charge in [0.25, 0.3) is 5.91 Å². The minimum absolute atomic E-state index is 0.0337. The zero-order valence-corrected chi connectivity index (χ0v) is 12.4. The number of rotatable bonds is 1. The fourth-order valence-corrected chi connectivity index (χ4v) is 3.45. The van der Waals surface area contributed by atoms with Gasteiger partial charge in [-0.05, 0) is 18.9 Å². The Morgan fingerprint density at radius 3 is 2.59 bits per heavy atom. The molecule has 1 aromatic heterocycles. The Balaban J connectivity index is 1.81. The smallest absolute Gasteiger partial charge is 0.335 e. The van der Waals surface area contributed by atoms with Crippen molar-refractivity contribution in [2.75, 3.05) is 13.1 Å². The summed E-state index contributed by atoms with van der Waals surface area (Å²) in [7, 11) is 0. The lowest BCUT2D eigenvalue weighted by Gasteiger charge is -2.41. The van der Waals surface area contributed by atoms with Crippen LogP contribution in [0.1, 0.15) is 35.3 Å². The van der Waals surface area contributed by atoms with Gasteiger partial charge >= 0.3 is 6.18 Å². The molecule has 0 bridgehead atoms. The number of aromatic nitrogens is 1. The molecular formula is C14H15ClF3N3O. The lowest BCUT2D eigenvalue weighted by molar-refractivity contribution is -0.137. The average Bonchev–Trinajstić information content (AvgIpc) is 2.74. The molecule has 1 aliphatic heterocycles. The zero-order chi connectivity index (χ0) is 16.1. The van der Waals surface area contributed by atoms with Crippen molar-refractivity contribution in [3.63, 3.8) is 0 Å². The molecule has 3 rings (SSSR count). The van der Waals surface area contributed by atoms with Gasteiger partial charge in [0.15, 0.2) is 0 Å². The van der Waals surface area contributed by atoms with E-state index in [4.69, 9.17) is 17.3 Å². The summed E-state index contributed by atoms with van der Waals surface area (Å²) in [5, 5.41) is -0.289. The maximum atomic E-state index is 12.6. The molecule has 1 aliphatic carbocycles. The van der Waals surface area contributed by atoms with E-state index < -0.39 is 17.6 Å². The van der Waals surface area contributed by atoms with Gasteiger partial charge in [0.05, 0.1) is 10.6 Å². The normalized spacial score (nSPS) is 23.7. The van der Waals surface area contributed by atoms with Gasteiger partial charge in [0.2, 0.25) is 0 Å². The Labute approximate surface area is 130 Å². The maximum Gasteiger partial charge on any atom is 0.417 e. The van der Waals surface area contributed by atoms with Crippen LogP contribution < -0.4 is 5.73 Å². The number of carbonyl (C=O) groups is 1. The topological polar surface area (TPSA) is 59.2 Å². The first-order valence-electron chi connectivity index (χ1n) is 7.00. The second-order valence-electron chi connectivity index (χ2n) is 6.06. The summed E-state index contributed by atoms with van der Waals surface area (Å²) in [6.07, 6.45) is -0.855. The Hall–Kier alpha value is -1.34. The van der Waals surface area contributed by atoms with Gasteiger partial charge in [-0.15, -0.1) is 0 Å². The molecule has 8 heteroatoms. The van der Waals surface area contributed by atoms with Gasteiger partial charge in [-0.2, -0.15) is 13.2 Å². The number of nitrogens with zero attached hydrogens (tertiary/aromatic N) is 2. The Morgan fingerprint density at radius 2 is 2.14 bits per heavy atom. The third-order valence-corrected chi connectivity index (χ3v) is 5.01. The van der Waals surface area contributed by atoms with Gasteiger partial charge in [-0.25, -0.2) is 4.98 Å². The van der Waals surface area contributed by atoms with E-state index in [1.165, 1.54) is 0 Å². The van der Waals surface area contributed by atoms with Crippen LogP contribution in [0.15, 0.2) is 12.3 Å². The van der Waals surface area contributed by atoms with Gasteiger partial charge in [0.1, 0.15) is 5.69 Å². The molecule has 1 saturated carbocycles. The Kier molecular flexibility index (Phi) is 3.60. The number of pyridine rings is 1. The van der Waals surface area contributed by atoms with Gasteiger partial charge in [0, 0.05) is 30.7 Å². The van der Waals surface area contributed by atoms with Crippen LogP contribution >= 0.6 is 11.6 Å². The first-order valence-corrected chi connectivity index (χ1v) is 7.38. The summed E-state index contributed by atoms with van der Waals surface area (Å²) in [6, 6.07) is 0.634. The summed E-state index contributed by atoms with van der Waals surface area (Å²) >= 11 is 5.82. The number of hydrogen-bond donors (Lipinski definition) is 1. The lowest BCUT2D eigenvalue weighted by atomic mass is 9.66. The number of alkyl halides is 3. The second kappa shape index (κ2) is 5.09. The maximum absolute atomic E-state index is 12.6. The third-order valence-electron chi connectivity index (χ3n) is 4.72. The van der Waals surface area contributed by atoms with E-state index in [0.717, 1.165) is 25.3 Å². The van der Waals surface area contributed by atoms with Crippen LogP contribution in [0.2, 0.25) is 5.02 Å². The molecule has 2 N–H and O–H groups in total. The van der Waals surface area contributed by atoms with E-state index in [2.05, 4.69) is 4.98 Å². The van der Waals surface area contributed by atoms with E-state index in [0.29, 0.717) is 19.3 Å². The van der Waals surface area contributed by atoms with E-state index in [9.17, 15) is 18.0 Å². The van der Waals surface area contributed by atoms with Crippen LogP contribution in [0.5, 0.6) is 0 Å². The van der Waals surface area contributed by atoms with Crippen LogP contribution in [-0.2, 0) is 6.18 Å². The predicted octanol–water partition coefficient (Wildman–Crippen LogP) is 2.71. The van der Waals surface area contributed by atoms with Crippen molar-refractivity contribution >= 4 is 17.5 Å². The predicted molar refractivity (Wildman–Crippen MR) is 74.4 cm³/mol. The Bertz CT molecular complexity index is 616. The van der Waals surface area contributed by atoms with Crippen molar-refractivity contribution in [1.82, 2.24) is 9.88 Å². The standard InChI is InChI=1S/C14H15ClF3N3O/c15-9-4-8(14(16,17)18)5-20-11(9)12(22)21-6-10(19)13(7-21)2-1-3-13/h4-5,10H,1-3,6-7,19H2. The minimum Gasteiger partial charge on any atom is -0.335 e. The number of hydrogen-bond acceptors (Lipinski definition) is 3. The van der Waals surface area contributed by atoms with Crippen LogP contribution in [0.3, 0.4) is 0 Å². The molecule has 1 unspecified atom stereocenters. The number of halogens is 4. The highest BCUT2D eigenvalue weighted by molar-refractivity contribution is 6.33. The molecule has 0 radical (unpaired) electrons. The fraction of sp³-hybridized carbons (Fsp3) is 0.571. The molecule has 1 aromatic rings. The summed E-state index contributed by atoms with van der Waals surface area (Å²) in [6.45, 7) is 0.907. The van der Waals surface area contributed by atoms with Gasteiger partial charge in [-0.3, -0.25) is 4.79 Å². The summed E-state index contributed by atoms with van der Waals surface area (Å²) in [5.74, 6) is -0.460. The molecule has 0 aromatic carbocycles. The molecular weight excluding hydrogens is 319 g/mol. The quantitative estimate of drug-likeness (QED) is 0.859. The van der Waals surface area contributed by atoms with Crippen molar-refractivity contribution in [1.29, 1.82) is 0 Å². The molecule has 1 saturated heterocycles. The average molecular weight is 334 g/mol. The molecule has 2 fully saturated rings. The number of likely N-dealkylation sites (tertiary alicyclic amines) is 1. The van der Waals surface area contributed by atoms with Crippen LogP contribution in [0.4, 0.5) is 13.2 Å². The highest BCUT2D eigenvalue weighted by Crippen LogP contribution is 2.47. The van der Waals surface area contributed by atoms with E-state index in [1.807, 2.05) is 0 Å². The summed E-state index contributed by atoms with van der Waals surface area (Å²) < 4.78 is 37.8. The Morgan fingerprint density at radius 1 is 1.45 bits per heavy atom. The van der Waals surface area contributed by atoms with Gasteiger partial charge in [-0.1, -0.05) is 18.0 Å². The monoisotopic (exact) mass is 333 g/mol. The summed E-state index contributed by atoms with van der Waals surface area (Å²) in [4.78, 5) is 17.6. The van der Waals surface area contributed by atoms with Crippen LogP contribution in [0, 0.1) is 5.41 Å². The lowest BCUT2D eigenvalue weighted by Crippen LogP contribution is -2.45. The van der Waals surface area contributed by atoms with Crippen molar-refractivity contribution in [3.8, 4) is 0 Å². The van der Waals surface area contributed by atoms with Crippen LogP contribution in [-0.4, -0.2) is 34.9 Å². The molecule has 1 amide bonds. The second-order valence-corrected chi connectivity index (χ2v) is 6.47. The van der Waals surface area contributed by atoms with Crippen molar-refractivity contribution < 1.29 is 18.0 Å². The van der Waals surface area contributed by atoms with E-state index in [-0.39, 0.29) is 22.2 Å². The van der Waals surface area contributed by atoms with Crippen molar-refractivity contribution in [2.24, 2.45) is 11.1 Å². The minimum atomic E-state index is -4.54. The third kappa shape index (κ3) is 2.46. The molecule has 1 atom stereocenters. The number of carbonyl (C=O) groups excluding carboxylic acids is 1. The number of amides is 1. The fourth-order valence-electron chi connectivity index (χ4n) is 3.21. The zero-order valence-electron chi connectivity index (χ0n) is 11.7. The van der Waals surface area contributed by atoms with E-state index in [1.54, 1.807) is 4.90 Å². The van der Waals surface area contributed by atoms with Crippen LogP contribution in [0.25, 0.3) is 0 Å². The molecule has 2 heterocycles.